The van der Waals surface area contributed by atoms with Gasteiger partial charge in [-0.15, -0.1) is 0 Å². The summed E-state index contributed by atoms with van der Waals surface area (Å²) < 4.78 is 5.74. The highest BCUT2D eigenvalue weighted by atomic mass is 35.5. The fraction of sp³-hybridized carbons (Fsp3) is 0.294. The Morgan fingerprint density at radius 2 is 1.61 bits per heavy atom. The van der Waals surface area contributed by atoms with E-state index in [1.807, 2.05) is 29.2 Å². The second kappa shape index (κ2) is 12.9. The number of carbonyl (C=O) groups is 3. The average Bonchev–Trinajstić information content (AvgIpc) is 3.45. The second-order valence-corrected chi connectivity index (χ2v) is 11.6. The van der Waals surface area contributed by atoms with Crippen molar-refractivity contribution in [2.24, 2.45) is 0 Å². The molecule has 0 spiro atoms. The van der Waals surface area contributed by atoms with Gasteiger partial charge < -0.3 is 24.4 Å². The summed E-state index contributed by atoms with van der Waals surface area (Å²) in [7, 11) is 0. The van der Waals surface area contributed by atoms with Crippen molar-refractivity contribution in [1.29, 1.82) is 0 Å². The summed E-state index contributed by atoms with van der Waals surface area (Å²) in [5.74, 6) is -0.816. The maximum absolute atomic E-state index is 13.9. The van der Waals surface area contributed by atoms with Crippen molar-refractivity contribution in [3.8, 4) is 0 Å². The first kappa shape index (κ1) is 29.4. The van der Waals surface area contributed by atoms with Crippen molar-refractivity contribution in [2.75, 3.05) is 37.6 Å². The molecule has 2 aliphatic rings. The molecule has 0 saturated carbocycles. The molecule has 0 bridgehead atoms. The molecule has 0 radical (unpaired) electrons. The number of hydrogen-bond acceptors (Lipinski definition) is 6. The van der Waals surface area contributed by atoms with Crippen molar-refractivity contribution in [3.63, 3.8) is 0 Å². The van der Waals surface area contributed by atoms with Gasteiger partial charge in [0.15, 0.2) is 11.2 Å². The van der Waals surface area contributed by atoms with E-state index in [4.69, 9.17) is 16.0 Å². The highest BCUT2D eigenvalue weighted by Crippen LogP contribution is 2.25. The summed E-state index contributed by atoms with van der Waals surface area (Å²) in [6.07, 6.45) is 1.73. The maximum Gasteiger partial charge on any atom is 0.287 e. The number of hydrogen-bond donors (Lipinski definition) is 1. The van der Waals surface area contributed by atoms with Gasteiger partial charge in [-0.2, -0.15) is 0 Å². The van der Waals surface area contributed by atoms with Crippen LogP contribution in [0, 0.1) is 0 Å². The highest BCUT2D eigenvalue weighted by molar-refractivity contribution is 6.30. The van der Waals surface area contributed by atoms with E-state index >= 15 is 0 Å². The third-order valence-electron chi connectivity index (χ3n) is 8.27. The molecule has 2 saturated heterocycles. The first-order valence-electron chi connectivity index (χ1n) is 14.8. The SMILES string of the molecule is O=C(N[C@@H](Cc1ccc(Cl)cc1)C(=O)N1CCN(c2ccccc2CN2CCCC2=O)CC1)c1cc(=O)c2ccccc2o1. The monoisotopic (exact) mass is 612 g/mol. The number of piperazine rings is 1. The molecular weight excluding hydrogens is 580 g/mol. The standard InChI is InChI=1S/C34H33ClN4O5/c35-25-13-11-23(12-14-25)20-27(36-33(42)31-21-29(40)26-7-2-4-9-30(26)44-31)34(43)38-18-16-37(17-19-38)28-8-3-1-6-24(28)22-39-15-5-10-32(39)41/h1-4,6-9,11-14,21,27H,5,10,15-20,22H2,(H,36,42)/t27-/m0/s1. The molecule has 3 heterocycles. The molecule has 44 heavy (non-hydrogen) atoms. The fourth-order valence-electron chi connectivity index (χ4n) is 5.92. The molecule has 1 aromatic heterocycles. The molecule has 0 aliphatic carbocycles. The number of nitrogens with zero attached hydrogens (tertiary/aromatic N) is 3. The summed E-state index contributed by atoms with van der Waals surface area (Å²) in [6.45, 7) is 3.50. The van der Waals surface area contributed by atoms with Gasteiger partial charge >= 0.3 is 0 Å². The molecule has 6 rings (SSSR count). The number of rotatable bonds is 8. The molecule has 2 fully saturated rings. The van der Waals surface area contributed by atoms with Crippen LogP contribution in [0.1, 0.15) is 34.5 Å². The molecule has 4 aromatic rings. The smallest absolute Gasteiger partial charge is 0.287 e. The molecule has 0 unspecified atom stereocenters. The molecule has 9 nitrogen and oxygen atoms in total. The number of amides is 3. The quantitative estimate of drug-likeness (QED) is 0.319. The largest absolute Gasteiger partial charge is 0.451 e. The Bertz CT molecular complexity index is 1750. The van der Waals surface area contributed by atoms with Crippen LogP contribution in [0.4, 0.5) is 5.69 Å². The van der Waals surface area contributed by atoms with Gasteiger partial charge in [0.05, 0.1) is 5.39 Å². The molecular formula is C34H33ClN4O5. The van der Waals surface area contributed by atoms with Crippen LogP contribution in [-0.4, -0.2) is 66.3 Å². The zero-order valence-electron chi connectivity index (χ0n) is 24.2. The second-order valence-electron chi connectivity index (χ2n) is 11.2. The Kier molecular flexibility index (Phi) is 8.65. The van der Waals surface area contributed by atoms with Crippen molar-refractivity contribution in [1.82, 2.24) is 15.1 Å². The zero-order valence-corrected chi connectivity index (χ0v) is 25.0. The summed E-state index contributed by atoms with van der Waals surface area (Å²) in [5.41, 5.74) is 2.96. The number of benzene rings is 3. The Hall–Kier alpha value is -4.63. The topological polar surface area (TPSA) is 103 Å². The van der Waals surface area contributed by atoms with E-state index < -0.39 is 11.9 Å². The van der Waals surface area contributed by atoms with E-state index in [0.717, 1.165) is 35.8 Å². The van der Waals surface area contributed by atoms with Crippen LogP contribution in [0.15, 0.2) is 88.1 Å². The van der Waals surface area contributed by atoms with Gasteiger partial charge in [0.2, 0.25) is 11.8 Å². The van der Waals surface area contributed by atoms with Gasteiger partial charge in [0.1, 0.15) is 11.6 Å². The van der Waals surface area contributed by atoms with E-state index in [-0.39, 0.29) is 29.4 Å². The number of nitrogens with one attached hydrogen (secondary N) is 1. The average molecular weight is 613 g/mol. The van der Waals surface area contributed by atoms with Crippen molar-refractivity contribution in [2.45, 2.75) is 31.8 Å². The predicted octanol–water partition coefficient (Wildman–Crippen LogP) is 4.26. The van der Waals surface area contributed by atoms with Crippen LogP contribution in [0.5, 0.6) is 0 Å². The highest BCUT2D eigenvalue weighted by Gasteiger charge is 2.31. The molecule has 10 heteroatoms. The van der Waals surface area contributed by atoms with E-state index in [1.54, 1.807) is 41.3 Å². The van der Waals surface area contributed by atoms with Crippen LogP contribution in [0.25, 0.3) is 11.0 Å². The van der Waals surface area contributed by atoms with E-state index in [9.17, 15) is 19.2 Å². The third-order valence-corrected chi connectivity index (χ3v) is 8.52. The lowest BCUT2D eigenvalue weighted by molar-refractivity contribution is -0.133. The number of fused-ring (bicyclic) bond motifs is 1. The van der Waals surface area contributed by atoms with Gasteiger partial charge in [0.25, 0.3) is 5.91 Å². The van der Waals surface area contributed by atoms with Crippen LogP contribution >= 0.6 is 11.6 Å². The van der Waals surface area contributed by atoms with Crippen molar-refractivity contribution in [3.05, 3.63) is 111 Å². The molecule has 1 atom stereocenters. The Labute approximate surface area is 260 Å². The van der Waals surface area contributed by atoms with Gasteiger partial charge in [0, 0.05) is 68.9 Å². The van der Waals surface area contributed by atoms with E-state index in [2.05, 4.69) is 22.3 Å². The van der Waals surface area contributed by atoms with Crippen LogP contribution in [-0.2, 0) is 22.6 Å². The Morgan fingerprint density at radius 1 is 0.886 bits per heavy atom. The van der Waals surface area contributed by atoms with Crippen molar-refractivity contribution >= 4 is 46.0 Å². The molecule has 1 N–H and O–H groups in total. The summed E-state index contributed by atoms with van der Waals surface area (Å²) in [6, 6.07) is 22.2. The molecule has 2 aliphatic heterocycles. The fourth-order valence-corrected chi connectivity index (χ4v) is 6.05. The number of halogens is 1. The lowest BCUT2D eigenvalue weighted by Gasteiger charge is -2.38. The lowest BCUT2D eigenvalue weighted by atomic mass is 10.0. The molecule has 3 amide bonds. The van der Waals surface area contributed by atoms with Gasteiger partial charge in [-0.1, -0.05) is 54.1 Å². The maximum atomic E-state index is 13.9. The Morgan fingerprint density at radius 3 is 2.36 bits per heavy atom. The lowest BCUT2D eigenvalue weighted by Crippen LogP contribution is -2.55. The molecule has 226 valence electrons. The normalized spacial score (nSPS) is 15.9. The number of para-hydroxylation sites is 2. The zero-order chi connectivity index (χ0) is 30.6. The van der Waals surface area contributed by atoms with Gasteiger partial charge in [-0.3, -0.25) is 19.2 Å². The van der Waals surface area contributed by atoms with E-state index in [0.29, 0.717) is 55.1 Å². The Balaban J connectivity index is 1.18. The minimum absolute atomic E-state index is 0.152. The minimum atomic E-state index is -0.888. The minimum Gasteiger partial charge on any atom is -0.451 e. The van der Waals surface area contributed by atoms with Crippen molar-refractivity contribution < 1.29 is 18.8 Å². The summed E-state index contributed by atoms with van der Waals surface area (Å²) >= 11 is 6.08. The van der Waals surface area contributed by atoms with Gasteiger partial charge in [-0.25, -0.2) is 0 Å². The first-order chi connectivity index (χ1) is 21.4. The molecule has 3 aromatic carbocycles. The van der Waals surface area contributed by atoms with E-state index in [1.165, 1.54) is 0 Å². The summed E-state index contributed by atoms with van der Waals surface area (Å²) in [5, 5.41) is 3.79. The summed E-state index contributed by atoms with van der Waals surface area (Å²) in [4.78, 5) is 58.1. The van der Waals surface area contributed by atoms with Crippen LogP contribution in [0.2, 0.25) is 5.02 Å². The van der Waals surface area contributed by atoms with Crippen LogP contribution in [0.3, 0.4) is 0 Å². The number of anilines is 1. The first-order valence-corrected chi connectivity index (χ1v) is 15.2. The third kappa shape index (κ3) is 6.48. The predicted molar refractivity (Wildman–Crippen MR) is 169 cm³/mol. The number of carbonyl (C=O) groups excluding carboxylic acids is 3. The number of likely N-dealkylation sites (tertiary alicyclic amines) is 1. The van der Waals surface area contributed by atoms with Gasteiger partial charge in [-0.05, 0) is 47.9 Å². The van der Waals surface area contributed by atoms with Crippen LogP contribution < -0.4 is 15.6 Å².